The molecule has 1 aliphatic rings. The lowest BCUT2D eigenvalue weighted by atomic mass is 10.1. The first-order valence-electron chi connectivity index (χ1n) is 8.53. The number of rotatable bonds is 5. The number of hydrogen-bond acceptors (Lipinski definition) is 2. The molecule has 1 aliphatic heterocycles. The highest BCUT2D eigenvalue weighted by Gasteiger charge is 2.52. The number of benzene rings is 3. The van der Waals surface area contributed by atoms with Gasteiger partial charge in [-0.2, -0.15) is 0 Å². The standard InChI is InChI=1S/C22H20N2O/c25-22(23-19-14-8-3-9-15-19)21-20(18-12-6-2-7-13-18)24(21)16-17-10-4-1-5-11-17/h1-15,20-21H,16H2,(H,23,25)/t20-,21+,24?/m0/s1. The Balaban J connectivity index is 1.54. The topological polar surface area (TPSA) is 32.1 Å². The van der Waals surface area contributed by atoms with E-state index in [1.165, 1.54) is 11.1 Å². The summed E-state index contributed by atoms with van der Waals surface area (Å²) in [5.41, 5.74) is 3.25. The van der Waals surface area contributed by atoms with Crippen molar-refractivity contribution in [1.82, 2.24) is 4.90 Å². The summed E-state index contributed by atoms with van der Waals surface area (Å²) in [6.07, 6.45) is 0. The van der Waals surface area contributed by atoms with Gasteiger partial charge >= 0.3 is 0 Å². The van der Waals surface area contributed by atoms with E-state index in [2.05, 4.69) is 34.5 Å². The van der Waals surface area contributed by atoms with Crippen LogP contribution in [0, 0.1) is 0 Å². The molecule has 1 amide bonds. The predicted octanol–water partition coefficient (Wildman–Crippen LogP) is 4.25. The molecule has 3 aromatic rings. The molecule has 25 heavy (non-hydrogen) atoms. The Morgan fingerprint density at radius 3 is 2.00 bits per heavy atom. The number of amides is 1. The van der Waals surface area contributed by atoms with Gasteiger partial charge in [-0.05, 0) is 23.3 Å². The first-order chi connectivity index (χ1) is 12.3. The van der Waals surface area contributed by atoms with E-state index < -0.39 is 0 Å². The minimum absolute atomic E-state index is 0.0518. The van der Waals surface area contributed by atoms with Crippen LogP contribution < -0.4 is 5.32 Å². The summed E-state index contributed by atoms with van der Waals surface area (Å²) in [5.74, 6) is 0.0518. The molecule has 1 saturated heterocycles. The van der Waals surface area contributed by atoms with Gasteiger partial charge in [-0.25, -0.2) is 0 Å². The van der Waals surface area contributed by atoms with Gasteiger partial charge < -0.3 is 5.32 Å². The Hall–Kier alpha value is -2.91. The van der Waals surface area contributed by atoms with Gasteiger partial charge in [0, 0.05) is 12.2 Å². The average molecular weight is 328 g/mol. The zero-order valence-corrected chi connectivity index (χ0v) is 13.9. The molecule has 1 unspecified atom stereocenters. The molecule has 4 rings (SSSR count). The van der Waals surface area contributed by atoms with Crippen molar-refractivity contribution < 1.29 is 4.79 Å². The van der Waals surface area contributed by atoms with Crippen LogP contribution in [-0.4, -0.2) is 16.8 Å². The quantitative estimate of drug-likeness (QED) is 0.710. The fourth-order valence-corrected chi connectivity index (χ4v) is 3.32. The third kappa shape index (κ3) is 3.47. The third-order valence-electron chi connectivity index (χ3n) is 4.58. The van der Waals surface area contributed by atoms with Crippen molar-refractivity contribution in [3.05, 3.63) is 102 Å². The lowest BCUT2D eigenvalue weighted by Gasteiger charge is -2.05. The van der Waals surface area contributed by atoms with Crippen molar-refractivity contribution in [1.29, 1.82) is 0 Å². The predicted molar refractivity (Wildman–Crippen MR) is 100 cm³/mol. The van der Waals surface area contributed by atoms with E-state index in [-0.39, 0.29) is 18.0 Å². The van der Waals surface area contributed by atoms with Crippen LogP contribution in [0.25, 0.3) is 0 Å². The van der Waals surface area contributed by atoms with Gasteiger partial charge in [-0.1, -0.05) is 78.9 Å². The molecule has 3 atom stereocenters. The van der Waals surface area contributed by atoms with Crippen molar-refractivity contribution in [2.75, 3.05) is 5.32 Å². The van der Waals surface area contributed by atoms with Crippen molar-refractivity contribution in [3.63, 3.8) is 0 Å². The highest BCUT2D eigenvalue weighted by atomic mass is 16.2. The van der Waals surface area contributed by atoms with E-state index in [1.54, 1.807) is 0 Å². The average Bonchev–Trinajstić information content (AvgIpc) is 3.38. The van der Waals surface area contributed by atoms with E-state index >= 15 is 0 Å². The van der Waals surface area contributed by atoms with E-state index in [0.29, 0.717) is 0 Å². The minimum atomic E-state index is -0.136. The first-order valence-corrected chi connectivity index (χ1v) is 8.53. The normalized spacial score (nSPS) is 21.5. The van der Waals surface area contributed by atoms with Crippen molar-refractivity contribution in [2.45, 2.75) is 18.6 Å². The summed E-state index contributed by atoms with van der Waals surface area (Å²) in [5, 5.41) is 3.04. The summed E-state index contributed by atoms with van der Waals surface area (Å²) in [6.45, 7) is 0.771. The molecule has 1 fully saturated rings. The lowest BCUT2D eigenvalue weighted by Crippen LogP contribution is -2.21. The molecular weight excluding hydrogens is 308 g/mol. The Morgan fingerprint density at radius 1 is 0.800 bits per heavy atom. The SMILES string of the molecule is O=C(Nc1ccccc1)[C@H]1[C@H](c2ccccc2)N1Cc1ccccc1. The fraction of sp³-hybridized carbons (Fsp3) is 0.136. The number of anilines is 1. The maximum Gasteiger partial charge on any atom is 0.243 e. The summed E-state index contributed by atoms with van der Waals surface area (Å²) < 4.78 is 0. The van der Waals surface area contributed by atoms with E-state index in [9.17, 15) is 4.79 Å². The Morgan fingerprint density at radius 2 is 1.36 bits per heavy atom. The molecule has 3 aromatic carbocycles. The summed E-state index contributed by atoms with van der Waals surface area (Å²) in [4.78, 5) is 15.0. The summed E-state index contributed by atoms with van der Waals surface area (Å²) in [7, 11) is 0. The van der Waals surface area contributed by atoms with Crippen molar-refractivity contribution >= 4 is 11.6 Å². The number of carbonyl (C=O) groups excluding carboxylic acids is 1. The van der Waals surface area contributed by atoms with Gasteiger partial charge in [-0.15, -0.1) is 0 Å². The molecular formula is C22H20N2O. The van der Waals surface area contributed by atoms with E-state index in [1.807, 2.05) is 66.7 Å². The van der Waals surface area contributed by atoms with E-state index in [0.717, 1.165) is 12.2 Å². The smallest absolute Gasteiger partial charge is 0.243 e. The number of nitrogens with zero attached hydrogens (tertiary/aromatic N) is 1. The molecule has 0 aromatic heterocycles. The van der Waals surface area contributed by atoms with Crippen LogP contribution in [0.1, 0.15) is 17.2 Å². The summed E-state index contributed by atoms with van der Waals surface area (Å²) in [6, 6.07) is 30.2. The molecule has 0 spiro atoms. The van der Waals surface area contributed by atoms with Gasteiger partial charge in [0.2, 0.25) is 5.91 Å². The second-order valence-electron chi connectivity index (χ2n) is 6.31. The number of carbonyl (C=O) groups is 1. The molecule has 0 saturated carbocycles. The Labute approximate surface area is 147 Å². The van der Waals surface area contributed by atoms with Crippen LogP contribution in [0.15, 0.2) is 91.0 Å². The van der Waals surface area contributed by atoms with Gasteiger partial charge in [0.1, 0.15) is 6.04 Å². The van der Waals surface area contributed by atoms with Crippen molar-refractivity contribution in [3.8, 4) is 0 Å². The molecule has 3 nitrogen and oxygen atoms in total. The zero-order chi connectivity index (χ0) is 17.1. The van der Waals surface area contributed by atoms with Crippen LogP contribution in [0.3, 0.4) is 0 Å². The van der Waals surface area contributed by atoms with Crippen LogP contribution in [0.4, 0.5) is 5.69 Å². The molecule has 0 radical (unpaired) electrons. The maximum atomic E-state index is 12.8. The largest absolute Gasteiger partial charge is 0.325 e. The monoisotopic (exact) mass is 328 g/mol. The van der Waals surface area contributed by atoms with Crippen LogP contribution in [0.2, 0.25) is 0 Å². The minimum Gasteiger partial charge on any atom is -0.325 e. The number of hydrogen-bond donors (Lipinski definition) is 1. The fourth-order valence-electron chi connectivity index (χ4n) is 3.32. The second-order valence-corrected chi connectivity index (χ2v) is 6.31. The molecule has 1 heterocycles. The number of para-hydroxylation sites is 1. The molecule has 1 N–H and O–H groups in total. The third-order valence-corrected chi connectivity index (χ3v) is 4.58. The highest BCUT2D eigenvalue weighted by Crippen LogP contribution is 2.44. The highest BCUT2D eigenvalue weighted by molar-refractivity contribution is 5.97. The number of nitrogens with one attached hydrogen (secondary N) is 1. The second kappa shape index (κ2) is 6.91. The van der Waals surface area contributed by atoms with Gasteiger partial charge in [0.05, 0.1) is 6.04 Å². The molecule has 0 aliphatic carbocycles. The van der Waals surface area contributed by atoms with Crippen LogP contribution in [0.5, 0.6) is 0 Å². The lowest BCUT2D eigenvalue weighted by molar-refractivity contribution is -0.116. The van der Waals surface area contributed by atoms with E-state index in [4.69, 9.17) is 0 Å². The van der Waals surface area contributed by atoms with Gasteiger partial charge in [0.25, 0.3) is 0 Å². The Bertz CT molecular complexity index is 834. The Kier molecular flexibility index (Phi) is 4.32. The zero-order valence-electron chi connectivity index (χ0n) is 13.9. The molecule has 0 bridgehead atoms. The van der Waals surface area contributed by atoms with Gasteiger partial charge in [0.15, 0.2) is 0 Å². The van der Waals surface area contributed by atoms with Crippen LogP contribution in [-0.2, 0) is 11.3 Å². The maximum absolute atomic E-state index is 12.8. The molecule has 124 valence electrons. The van der Waals surface area contributed by atoms with Crippen molar-refractivity contribution in [2.24, 2.45) is 0 Å². The van der Waals surface area contributed by atoms with Crippen LogP contribution >= 0.6 is 0 Å². The molecule has 3 heteroatoms. The van der Waals surface area contributed by atoms with Gasteiger partial charge in [-0.3, -0.25) is 9.69 Å². The first kappa shape index (κ1) is 15.6. The summed E-state index contributed by atoms with van der Waals surface area (Å²) >= 11 is 0.